The van der Waals surface area contributed by atoms with Crippen LogP contribution in [0.2, 0.25) is 0 Å². The highest BCUT2D eigenvalue weighted by atomic mass is 32.2. The van der Waals surface area contributed by atoms with Crippen molar-refractivity contribution in [1.82, 2.24) is 0 Å². The normalized spacial score (nSPS) is 41.6. The number of hydrogen-bond acceptors (Lipinski definition) is 4. The van der Waals surface area contributed by atoms with Crippen LogP contribution in [-0.2, 0) is 14.6 Å². The number of hydrogen-bond donors (Lipinski definition) is 1. The first-order valence-electron chi connectivity index (χ1n) is 5.06. The molecule has 0 spiro atoms. The van der Waals surface area contributed by atoms with E-state index in [2.05, 4.69) is 0 Å². The van der Waals surface area contributed by atoms with E-state index in [9.17, 15) is 8.42 Å². The highest BCUT2D eigenvalue weighted by molar-refractivity contribution is 7.91. The van der Waals surface area contributed by atoms with Gasteiger partial charge in [0.05, 0.1) is 18.1 Å². The molecule has 0 amide bonds. The molecular formula is C9H17NO3S. The third kappa shape index (κ3) is 1.68. The second-order valence-electron chi connectivity index (χ2n) is 4.47. The maximum absolute atomic E-state index is 11.4. The van der Waals surface area contributed by atoms with Gasteiger partial charge in [0.1, 0.15) is 0 Å². The van der Waals surface area contributed by atoms with Crippen molar-refractivity contribution < 1.29 is 13.2 Å². The average molecular weight is 219 g/mol. The smallest absolute Gasteiger partial charge is 0.150 e. The van der Waals surface area contributed by atoms with Crippen LogP contribution in [0.5, 0.6) is 0 Å². The molecule has 2 N–H and O–H groups in total. The number of rotatable bonds is 2. The van der Waals surface area contributed by atoms with Crippen molar-refractivity contribution in [3.05, 3.63) is 0 Å². The fraction of sp³-hybridized carbons (Fsp3) is 1.00. The van der Waals surface area contributed by atoms with Gasteiger partial charge in [-0.3, -0.25) is 0 Å². The first-order chi connectivity index (χ1) is 6.58. The van der Waals surface area contributed by atoms with Gasteiger partial charge in [-0.05, 0) is 18.8 Å². The second-order valence-corrected chi connectivity index (χ2v) is 6.70. The molecule has 0 radical (unpaired) electrons. The molecule has 0 aromatic heterocycles. The van der Waals surface area contributed by atoms with Crippen molar-refractivity contribution in [2.45, 2.75) is 12.8 Å². The molecule has 0 aromatic carbocycles. The van der Waals surface area contributed by atoms with Crippen LogP contribution in [0.25, 0.3) is 0 Å². The Morgan fingerprint density at radius 3 is 2.71 bits per heavy atom. The van der Waals surface area contributed by atoms with Crippen LogP contribution in [0.15, 0.2) is 0 Å². The molecule has 2 atom stereocenters. The molecule has 14 heavy (non-hydrogen) atoms. The lowest BCUT2D eigenvalue weighted by molar-refractivity contribution is 0.121. The highest BCUT2D eigenvalue weighted by Gasteiger charge is 2.45. The van der Waals surface area contributed by atoms with Gasteiger partial charge in [-0.15, -0.1) is 0 Å². The summed E-state index contributed by atoms with van der Waals surface area (Å²) in [7, 11) is -2.79. The van der Waals surface area contributed by atoms with E-state index in [0.29, 0.717) is 24.7 Å². The SMILES string of the molecule is NCC1(C2CCS(=O)(=O)C2)CCOC1. The maximum Gasteiger partial charge on any atom is 0.150 e. The molecule has 5 heteroatoms. The van der Waals surface area contributed by atoms with Gasteiger partial charge >= 0.3 is 0 Å². The monoisotopic (exact) mass is 219 g/mol. The van der Waals surface area contributed by atoms with E-state index in [4.69, 9.17) is 10.5 Å². The van der Waals surface area contributed by atoms with E-state index in [1.54, 1.807) is 0 Å². The molecule has 2 heterocycles. The standard InChI is InChI=1S/C9H17NO3S/c10-6-9(2-3-13-7-9)8-1-4-14(11,12)5-8/h8H,1-7,10H2. The zero-order chi connectivity index (χ0) is 10.2. The van der Waals surface area contributed by atoms with Crippen LogP contribution >= 0.6 is 0 Å². The summed E-state index contributed by atoms with van der Waals surface area (Å²) in [5.41, 5.74) is 5.71. The van der Waals surface area contributed by atoms with Gasteiger partial charge in [-0.25, -0.2) is 8.42 Å². The van der Waals surface area contributed by atoms with Crippen LogP contribution in [-0.4, -0.2) is 39.7 Å². The molecule has 0 bridgehead atoms. The van der Waals surface area contributed by atoms with Crippen molar-refractivity contribution in [3.63, 3.8) is 0 Å². The lowest BCUT2D eigenvalue weighted by Crippen LogP contribution is -2.39. The van der Waals surface area contributed by atoms with Crippen LogP contribution in [0.3, 0.4) is 0 Å². The second kappa shape index (κ2) is 3.47. The molecule has 0 aromatic rings. The summed E-state index contributed by atoms with van der Waals surface area (Å²) in [4.78, 5) is 0. The van der Waals surface area contributed by atoms with E-state index >= 15 is 0 Å². The number of nitrogens with two attached hydrogens (primary N) is 1. The molecule has 82 valence electrons. The molecule has 2 rings (SSSR count). The van der Waals surface area contributed by atoms with Crippen molar-refractivity contribution in [2.24, 2.45) is 17.1 Å². The Morgan fingerprint density at radius 2 is 2.29 bits per heavy atom. The van der Waals surface area contributed by atoms with Gasteiger partial charge in [-0.2, -0.15) is 0 Å². The van der Waals surface area contributed by atoms with E-state index < -0.39 is 9.84 Å². The molecule has 4 nitrogen and oxygen atoms in total. The van der Waals surface area contributed by atoms with E-state index in [0.717, 1.165) is 19.4 Å². The Kier molecular flexibility index (Phi) is 2.57. The first-order valence-corrected chi connectivity index (χ1v) is 6.88. The minimum Gasteiger partial charge on any atom is -0.381 e. The predicted molar refractivity (Wildman–Crippen MR) is 53.7 cm³/mol. The van der Waals surface area contributed by atoms with Gasteiger partial charge in [0.2, 0.25) is 0 Å². The van der Waals surface area contributed by atoms with E-state index in [-0.39, 0.29) is 11.3 Å². The summed E-state index contributed by atoms with van der Waals surface area (Å²) in [6.45, 7) is 1.92. The molecule has 2 unspecified atom stereocenters. The maximum atomic E-state index is 11.4. The van der Waals surface area contributed by atoms with Crippen molar-refractivity contribution >= 4 is 9.84 Å². The quantitative estimate of drug-likeness (QED) is 0.697. The summed E-state index contributed by atoms with van der Waals surface area (Å²) in [6.07, 6.45) is 1.69. The van der Waals surface area contributed by atoms with Gasteiger partial charge in [0, 0.05) is 18.6 Å². The van der Waals surface area contributed by atoms with Crippen molar-refractivity contribution in [2.75, 3.05) is 31.3 Å². The van der Waals surface area contributed by atoms with E-state index in [1.807, 2.05) is 0 Å². The van der Waals surface area contributed by atoms with E-state index in [1.165, 1.54) is 0 Å². The highest BCUT2D eigenvalue weighted by Crippen LogP contribution is 2.41. The van der Waals surface area contributed by atoms with Crippen LogP contribution in [0, 0.1) is 11.3 Å². The molecular weight excluding hydrogens is 202 g/mol. The summed E-state index contributed by atoms with van der Waals surface area (Å²) < 4.78 is 28.1. The molecule has 2 fully saturated rings. The lowest BCUT2D eigenvalue weighted by Gasteiger charge is -2.31. The Balaban J connectivity index is 2.14. The van der Waals surface area contributed by atoms with Gasteiger partial charge in [-0.1, -0.05) is 0 Å². The minimum atomic E-state index is -2.79. The van der Waals surface area contributed by atoms with Crippen LogP contribution < -0.4 is 5.73 Å². The largest absolute Gasteiger partial charge is 0.381 e. The lowest BCUT2D eigenvalue weighted by atomic mass is 9.74. The molecule has 2 saturated heterocycles. The molecule has 2 aliphatic heterocycles. The Hall–Kier alpha value is -0.130. The van der Waals surface area contributed by atoms with Gasteiger partial charge in [0.15, 0.2) is 9.84 Å². The number of sulfone groups is 1. The molecule has 0 saturated carbocycles. The number of ether oxygens (including phenoxy) is 1. The van der Waals surface area contributed by atoms with Crippen LogP contribution in [0.4, 0.5) is 0 Å². The molecule has 0 aliphatic carbocycles. The van der Waals surface area contributed by atoms with Crippen LogP contribution in [0.1, 0.15) is 12.8 Å². The topological polar surface area (TPSA) is 69.4 Å². The Bertz CT molecular complexity index is 306. The zero-order valence-electron chi connectivity index (χ0n) is 8.24. The average Bonchev–Trinajstić information content (AvgIpc) is 2.72. The summed E-state index contributed by atoms with van der Waals surface area (Å²) in [5, 5.41) is 0. The Morgan fingerprint density at radius 1 is 1.50 bits per heavy atom. The molecule has 2 aliphatic rings. The predicted octanol–water partition coefficient (Wildman–Crippen LogP) is -0.214. The van der Waals surface area contributed by atoms with Gasteiger partial charge in [0.25, 0.3) is 0 Å². The summed E-state index contributed by atoms with van der Waals surface area (Å²) in [6, 6.07) is 0. The Labute approximate surface area is 84.7 Å². The van der Waals surface area contributed by atoms with Gasteiger partial charge < -0.3 is 10.5 Å². The summed E-state index contributed by atoms with van der Waals surface area (Å²) in [5.74, 6) is 0.868. The third-order valence-electron chi connectivity index (χ3n) is 3.64. The zero-order valence-corrected chi connectivity index (χ0v) is 9.05. The fourth-order valence-corrected chi connectivity index (χ4v) is 4.49. The third-order valence-corrected chi connectivity index (χ3v) is 5.41. The minimum absolute atomic E-state index is 0.0520. The van der Waals surface area contributed by atoms with Crippen molar-refractivity contribution in [1.29, 1.82) is 0 Å². The summed E-state index contributed by atoms with van der Waals surface area (Å²) >= 11 is 0. The first kappa shape index (κ1) is 10.4. The van der Waals surface area contributed by atoms with Crippen molar-refractivity contribution in [3.8, 4) is 0 Å². The fourth-order valence-electron chi connectivity index (χ4n) is 2.55.